The second-order valence-corrected chi connectivity index (χ2v) is 8.74. The fourth-order valence-electron chi connectivity index (χ4n) is 3.15. The number of hydrogen-bond acceptors (Lipinski definition) is 6. The van der Waals surface area contributed by atoms with Gasteiger partial charge in [0.05, 0.1) is 0 Å². The zero-order valence-corrected chi connectivity index (χ0v) is 18.1. The first-order valence-corrected chi connectivity index (χ1v) is 9.86. The number of hydrogen-bond donors (Lipinski definition) is 2. The van der Waals surface area contributed by atoms with E-state index in [1.54, 1.807) is 46.8 Å². The highest BCUT2D eigenvalue weighted by atomic mass is 16.6. The van der Waals surface area contributed by atoms with Gasteiger partial charge in [0, 0.05) is 12.6 Å². The van der Waals surface area contributed by atoms with E-state index in [4.69, 9.17) is 4.74 Å². The summed E-state index contributed by atoms with van der Waals surface area (Å²) in [6.07, 6.45) is 1.62. The largest absolute Gasteiger partial charge is 0.480 e. The molecule has 1 aliphatic heterocycles. The van der Waals surface area contributed by atoms with Gasteiger partial charge in [0.25, 0.3) is 5.91 Å². The number of pyridine rings is 1. The topological polar surface area (TPSA) is 126 Å². The normalized spacial score (nSPS) is 17.8. The summed E-state index contributed by atoms with van der Waals surface area (Å²) >= 11 is 0. The summed E-state index contributed by atoms with van der Waals surface area (Å²) in [5.74, 6) is -4.31. The van der Waals surface area contributed by atoms with Crippen molar-refractivity contribution in [3.8, 4) is 0 Å². The molecule has 1 aliphatic rings. The Kier molecular flexibility index (Phi) is 6.84. The lowest BCUT2D eigenvalue weighted by molar-refractivity contribution is -0.162. The number of carboxylic acid groups (broad SMARTS) is 1. The summed E-state index contributed by atoms with van der Waals surface area (Å²) in [7, 11) is 0. The molecule has 0 saturated heterocycles. The summed E-state index contributed by atoms with van der Waals surface area (Å²) in [4.78, 5) is 55.2. The quantitative estimate of drug-likeness (QED) is 0.529. The van der Waals surface area contributed by atoms with E-state index >= 15 is 0 Å². The van der Waals surface area contributed by atoms with Crippen molar-refractivity contribution < 1.29 is 29.0 Å². The molecule has 9 heteroatoms. The molecule has 0 spiro atoms. The van der Waals surface area contributed by atoms with Crippen molar-refractivity contribution in [3.05, 3.63) is 23.9 Å². The van der Waals surface area contributed by atoms with Gasteiger partial charge in [-0.05, 0) is 45.2 Å². The Hall–Kier alpha value is -2.97. The van der Waals surface area contributed by atoms with Crippen LogP contribution in [0.15, 0.2) is 18.3 Å². The number of carbonyl (C=O) groups excluding carboxylic acids is 3. The van der Waals surface area contributed by atoms with Crippen LogP contribution in [0.25, 0.3) is 0 Å². The van der Waals surface area contributed by atoms with Gasteiger partial charge in [0.2, 0.25) is 5.91 Å². The predicted molar refractivity (Wildman–Crippen MR) is 109 cm³/mol. The second-order valence-electron chi connectivity index (χ2n) is 8.74. The number of aromatic nitrogens is 1. The van der Waals surface area contributed by atoms with Crippen LogP contribution in [0.2, 0.25) is 0 Å². The molecular formula is C21H29N3O6. The molecule has 2 amide bonds. The zero-order chi connectivity index (χ0) is 22.8. The number of fused-ring (bicyclic) bond motifs is 1. The van der Waals surface area contributed by atoms with E-state index in [1.807, 2.05) is 0 Å². The van der Waals surface area contributed by atoms with Gasteiger partial charge in [-0.15, -0.1) is 0 Å². The summed E-state index contributed by atoms with van der Waals surface area (Å²) < 4.78 is 5.24. The maximum atomic E-state index is 13.3. The van der Waals surface area contributed by atoms with Gasteiger partial charge >= 0.3 is 11.9 Å². The van der Waals surface area contributed by atoms with Crippen LogP contribution in [0.1, 0.15) is 47.1 Å². The number of esters is 1. The fourth-order valence-corrected chi connectivity index (χ4v) is 3.15. The molecule has 30 heavy (non-hydrogen) atoms. The average Bonchev–Trinajstić information content (AvgIpc) is 3.03. The standard InChI is InChI=1S/C21H29N3O6/c1-11(2)15(23-17(25)12(3)20(29)30-21(4,5)6)18(26)24-14(19(27)28)10-13-8-7-9-22-16(13)24/h7-9,11-12,14-15H,10H2,1-6H3,(H,23,25)(H,27,28)/t12-,14-,15-/m0/s1. The summed E-state index contributed by atoms with van der Waals surface area (Å²) in [5.41, 5.74) is -0.104. The first-order valence-electron chi connectivity index (χ1n) is 9.86. The maximum absolute atomic E-state index is 13.3. The van der Waals surface area contributed by atoms with Crippen LogP contribution in [-0.4, -0.2) is 51.5 Å². The molecule has 0 unspecified atom stereocenters. The molecule has 2 N–H and O–H groups in total. The monoisotopic (exact) mass is 419 g/mol. The van der Waals surface area contributed by atoms with Crippen molar-refractivity contribution in [2.24, 2.45) is 11.8 Å². The van der Waals surface area contributed by atoms with E-state index < -0.39 is 47.4 Å². The Morgan fingerprint density at radius 1 is 1.23 bits per heavy atom. The number of rotatable bonds is 6. The molecule has 164 valence electrons. The van der Waals surface area contributed by atoms with Crippen LogP contribution in [0.4, 0.5) is 5.82 Å². The molecule has 0 bridgehead atoms. The van der Waals surface area contributed by atoms with E-state index in [2.05, 4.69) is 10.3 Å². The fraction of sp³-hybridized carbons (Fsp3) is 0.571. The Morgan fingerprint density at radius 2 is 1.87 bits per heavy atom. The highest BCUT2D eigenvalue weighted by Crippen LogP contribution is 2.31. The van der Waals surface area contributed by atoms with Crippen LogP contribution in [0, 0.1) is 11.8 Å². The minimum atomic E-state index is -1.16. The number of anilines is 1. The third-order valence-electron chi connectivity index (χ3n) is 4.73. The van der Waals surface area contributed by atoms with Crippen LogP contribution in [-0.2, 0) is 30.3 Å². The van der Waals surface area contributed by atoms with Gasteiger partial charge in [-0.2, -0.15) is 0 Å². The minimum absolute atomic E-state index is 0.136. The molecule has 2 rings (SSSR count). The zero-order valence-electron chi connectivity index (χ0n) is 18.1. The van der Waals surface area contributed by atoms with Crippen LogP contribution in [0.5, 0.6) is 0 Å². The van der Waals surface area contributed by atoms with Crippen molar-refractivity contribution in [3.63, 3.8) is 0 Å². The molecule has 2 heterocycles. The highest BCUT2D eigenvalue weighted by molar-refractivity contribution is 6.06. The Bertz CT molecular complexity index is 845. The van der Waals surface area contributed by atoms with Gasteiger partial charge in [-0.1, -0.05) is 19.9 Å². The summed E-state index contributed by atoms with van der Waals surface area (Å²) in [6.45, 7) is 9.94. The van der Waals surface area contributed by atoms with E-state index in [0.717, 1.165) is 4.90 Å². The number of carboxylic acids is 1. The number of nitrogens with one attached hydrogen (secondary N) is 1. The van der Waals surface area contributed by atoms with Gasteiger partial charge < -0.3 is 15.2 Å². The summed E-state index contributed by atoms with van der Waals surface area (Å²) in [5, 5.41) is 12.2. The maximum Gasteiger partial charge on any atom is 0.327 e. The molecule has 0 radical (unpaired) electrons. The third kappa shape index (κ3) is 5.14. The molecule has 1 aromatic rings. The van der Waals surface area contributed by atoms with E-state index in [1.165, 1.54) is 13.1 Å². The molecule has 0 aromatic carbocycles. The van der Waals surface area contributed by atoms with Crippen molar-refractivity contribution in [2.45, 2.75) is 65.6 Å². The van der Waals surface area contributed by atoms with Crippen molar-refractivity contribution >= 4 is 29.6 Å². The number of amides is 2. The molecule has 0 saturated carbocycles. The number of aliphatic carboxylic acids is 1. The summed E-state index contributed by atoms with van der Waals surface area (Å²) in [6, 6.07) is 1.26. The highest BCUT2D eigenvalue weighted by Gasteiger charge is 2.43. The van der Waals surface area contributed by atoms with E-state index in [0.29, 0.717) is 5.56 Å². The lowest BCUT2D eigenvalue weighted by Crippen LogP contribution is -2.56. The first kappa shape index (κ1) is 23.3. The molecule has 0 aliphatic carbocycles. The predicted octanol–water partition coefficient (Wildman–Crippen LogP) is 1.54. The van der Waals surface area contributed by atoms with Gasteiger partial charge in [-0.3, -0.25) is 19.3 Å². The molecule has 9 nitrogen and oxygen atoms in total. The SMILES string of the molecule is CC(C)[C@H](NC(=O)[C@H](C)C(=O)OC(C)(C)C)C(=O)N1c2ncccc2C[C@H]1C(=O)O. The number of nitrogens with zero attached hydrogens (tertiary/aromatic N) is 2. The Labute approximate surface area is 175 Å². The van der Waals surface area contributed by atoms with Crippen LogP contribution >= 0.6 is 0 Å². The lowest BCUT2D eigenvalue weighted by Gasteiger charge is -2.30. The molecular weight excluding hydrogens is 390 g/mol. The van der Waals surface area contributed by atoms with Crippen molar-refractivity contribution in [1.29, 1.82) is 0 Å². The van der Waals surface area contributed by atoms with Gasteiger partial charge in [0.1, 0.15) is 29.4 Å². The third-order valence-corrected chi connectivity index (χ3v) is 4.73. The van der Waals surface area contributed by atoms with Crippen molar-refractivity contribution in [1.82, 2.24) is 10.3 Å². The van der Waals surface area contributed by atoms with E-state index in [-0.39, 0.29) is 18.2 Å². The smallest absolute Gasteiger partial charge is 0.327 e. The van der Waals surface area contributed by atoms with Gasteiger partial charge in [0.15, 0.2) is 0 Å². The first-order chi connectivity index (χ1) is 13.8. The Morgan fingerprint density at radius 3 is 2.40 bits per heavy atom. The average molecular weight is 419 g/mol. The molecule has 1 aromatic heterocycles. The van der Waals surface area contributed by atoms with E-state index in [9.17, 15) is 24.3 Å². The number of carbonyl (C=O) groups is 4. The molecule has 3 atom stereocenters. The lowest BCUT2D eigenvalue weighted by atomic mass is 10.0. The van der Waals surface area contributed by atoms with Gasteiger partial charge in [-0.25, -0.2) is 9.78 Å². The van der Waals surface area contributed by atoms with Crippen molar-refractivity contribution in [2.75, 3.05) is 4.90 Å². The van der Waals surface area contributed by atoms with Crippen LogP contribution < -0.4 is 10.2 Å². The second kappa shape index (κ2) is 8.81. The minimum Gasteiger partial charge on any atom is -0.480 e. The molecule has 0 fully saturated rings. The van der Waals surface area contributed by atoms with Crippen LogP contribution in [0.3, 0.4) is 0 Å². The number of ether oxygens (including phenoxy) is 1. The Balaban J connectivity index is 2.25.